The molecule has 102 valence electrons. The third-order valence-electron chi connectivity index (χ3n) is 3.84. The number of nitrogen functional groups attached to an aromatic ring is 1. The Balaban J connectivity index is 2.14. The number of halogens is 1. The number of anilines is 1. The van der Waals surface area contributed by atoms with Crippen LogP contribution in [0.15, 0.2) is 17.5 Å². The number of nitrogens with two attached hydrogens (primary N) is 1. The molecule has 2 N–H and O–H groups in total. The monoisotopic (exact) mass is 320 g/mol. The van der Waals surface area contributed by atoms with Gasteiger partial charge in [-0.3, -0.25) is 0 Å². The fourth-order valence-corrected chi connectivity index (χ4v) is 5.29. The Kier molecular flexibility index (Phi) is 2.98. The van der Waals surface area contributed by atoms with Crippen LogP contribution in [0.5, 0.6) is 0 Å². The van der Waals surface area contributed by atoms with Crippen molar-refractivity contribution in [3.05, 3.63) is 33.0 Å². The molecule has 2 nitrogen and oxygen atoms in total. The first kappa shape index (κ1) is 12.6. The van der Waals surface area contributed by atoms with E-state index in [4.69, 9.17) is 17.3 Å². The highest BCUT2D eigenvalue weighted by Crippen LogP contribution is 2.46. The molecule has 20 heavy (non-hydrogen) atoms. The van der Waals surface area contributed by atoms with Crippen molar-refractivity contribution in [2.24, 2.45) is 0 Å². The van der Waals surface area contributed by atoms with Crippen molar-refractivity contribution in [3.63, 3.8) is 0 Å². The third kappa shape index (κ3) is 1.79. The van der Waals surface area contributed by atoms with E-state index in [1.54, 1.807) is 22.7 Å². The van der Waals surface area contributed by atoms with Crippen molar-refractivity contribution >= 4 is 50.3 Å². The highest BCUT2D eigenvalue weighted by Gasteiger charge is 2.23. The van der Waals surface area contributed by atoms with Gasteiger partial charge in [0.05, 0.1) is 5.02 Å². The fraction of sp³-hybridized carbons (Fsp3) is 0.267. The van der Waals surface area contributed by atoms with Crippen molar-refractivity contribution in [1.29, 1.82) is 0 Å². The summed E-state index contributed by atoms with van der Waals surface area (Å²) in [5.74, 6) is 0.446. The molecule has 0 fully saturated rings. The molecule has 3 aromatic rings. The predicted octanol–water partition coefficient (Wildman–Crippen LogP) is 5.14. The lowest BCUT2D eigenvalue weighted by molar-refractivity contribution is 0.700. The highest BCUT2D eigenvalue weighted by atomic mass is 35.5. The molecular weight excluding hydrogens is 308 g/mol. The molecule has 1 aliphatic carbocycles. The average molecular weight is 321 g/mol. The van der Waals surface area contributed by atoms with Gasteiger partial charge in [0.1, 0.15) is 10.6 Å². The molecule has 4 rings (SSSR count). The highest BCUT2D eigenvalue weighted by molar-refractivity contribution is 7.19. The molecule has 3 heterocycles. The molecule has 3 aromatic heterocycles. The maximum absolute atomic E-state index is 6.49. The van der Waals surface area contributed by atoms with Crippen molar-refractivity contribution in [1.82, 2.24) is 4.98 Å². The normalized spacial score (nSPS) is 14.7. The Morgan fingerprint density at radius 1 is 1.25 bits per heavy atom. The molecule has 0 spiro atoms. The van der Waals surface area contributed by atoms with Gasteiger partial charge in [-0.25, -0.2) is 4.98 Å². The number of rotatable bonds is 1. The first-order valence-corrected chi connectivity index (χ1v) is 8.76. The van der Waals surface area contributed by atoms with E-state index in [2.05, 4.69) is 22.5 Å². The Bertz CT molecular complexity index is 790. The molecule has 0 atom stereocenters. The fourth-order valence-electron chi connectivity index (χ4n) is 2.94. The zero-order chi connectivity index (χ0) is 13.7. The summed E-state index contributed by atoms with van der Waals surface area (Å²) in [5, 5.41) is 3.92. The molecule has 0 saturated carbocycles. The van der Waals surface area contributed by atoms with Crippen LogP contribution in [0.1, 0.15) is 23.3 Å². The van der Waals surface area contributed by atoms with E-state index in [1.807, 2.05) is 0 Å². The molecule has 0 aromatic carbocycles. The van der Waals surface area contributed by atoms with Crippen molar-refractivity contribution < 1.29 is 0 Å². The standard InChI is InChI=1S/C15H13ClN2S2/c16-13-12(10-6-3-7-19-10)11-8-4-1-2-5-9(8)20-15(11)18-14(13)17/h3,6-7H,1-2,4-5H2,(H2,17,18). The number of hydrogen-bond donors (Lipinski definition) is 1. The SMILES string of the molecule is Nc1nc2sc3c(c2c(-c2cccs2)c1Cl)CCCC3. The summed E-state index contributed by atoms with van der Waals surface area (Å²) in [6.45, 7) is 0. The predicted molar refractivity (Wildman–Crippen MR) is 89.0 cm³/mol. The van der Waals surface area contributed by atoms with E-state index in [0.717, 1.165) is 23.2 Å². The van der Waals surface area contributed by atoms with Crippen LogP contribution in [0.2, 0.25) is 5.02 Å². The average Bonchev–Trinajstić information content (AvgIpc) is 3.07. The number of aromatic nitrogens is 1. The van der Waals surface area contributed by atoms with Crippen molar-refractivity contribution in [3.8, 4) is 10.4 Å². The summed E-state index contributed by atoms with van der Waals surface area (Å²) in [5.41, 5.74) is 8.56. The summed E-state index contributed by atoms with van der Waals surface area (Å²) < 4.78 is 0. The number of nitrogens with zero attached hydrogens (tertiary/aromatic N) is 1. The first-order valence-electron chi connectivity index (χ1n) is 6.69. The number of fused-ring (bicyclic) bond motifs is 3. The smallest absolute Gasteiger partial charge is 0.144 e. The second-order valence-electron chi connectivity index (χ2n) is 5.05. The lowest BCUT2D eigenvalue weighted by Crippen LogP contribution is -1.99. The van der Waals surface area contributed by atoms with E-state index in [9.17, 15) is 0 Å². The van der Waals surface area contributed by atoms with Gasteiger partial charge in [-0.15, -0.1) is 22.7 Å². The van der Waals surface area contributed by atoms with Crippen molar-refractivity contribution in [2.45, 2.75) is 25.7 Å². The van der Waals surface area contributed by atoms with E-state index in [1.165, 1.54) is 33.5 Å². The summed E-state index contributed by atoms with van der Waals surface area (Å²) in [4.78, 5) is 8.21. The second-order valence-corrected chi connectivity index (χ2v) is 7.46. The maximum Gasteiger partial charge on any atom is 0.144 e. The second kappa shape index (κ2) is 4.72. The molecule has 0 saturated heterocycles. The van der Waals surface area contributed by atoms with E-state index in [-0.39, 0.29) is 0 Å². The number of thiophene rings is 2. The van der Waals surface area contributed by atoms with Gasteiger partial charge in [0.2, 0.25) is 0 Å². The first-order chi connectivity index (χ1) is 9.75. The zero-order valence-corrected chi connectivity index (χ0v) is 13.2. The topological polar surface area (TPSA) is 38.9 Å². The van der Waals surface area contributed by atoms with Gasteiger partial charge in [0, 0.05) is 20.7 Å². The van der Waals surface area contributed by atoms with Gasteiger partial charge in [-0.1, -0.05) is 17.7 Å². The minimum absolute atomic E-state index is 0.446. The molecular formula is C15H13ClN2S2. The van der Waals surface area contributed by atoms with E-state index >= 15 is 0 Å². The van der Waals surface area contributed by atoms with Gasteiger partial charge in [-0.2, -0.15) is 0 Å². The van der Waals surface area contributed by atoms with Crippen LogP contribution in [-0.2, 0) is 12.8 Å². The van der Waals surface area contributed by atoms with Crippen LogP contribution in [0.3, 0.4) is 0 Å². The maximum atomic E-state index is 6.49. The van der Waals surface area contributed by atoms with Crippen LogP contribution >= 0.6 is 34.3 Å². The minimum Gasteiger partial charge on any atom is -0.382 e. The Morgan fingerprint density at radius 2 is 2.10 bits per heavy atom. The number of pyridine rings is 1. The van der Waals surface area contributed by atoms with Gasteiger partial charge < -0.3 is 5.73 Å². The number of aryl methyl sites for hydroxylation is 2. The van der Waals surface area contributed by atoms with Gasteiger partial charge in [0.15, 0.2) is 0 Å². The molecule has 0 unspecified atom stereocenters. The van der Waals surface area contributed by atoms with E-state index in [0.29, 0.717) is 10.8 Å². The van der Waals surface area contributed by atoms with Crippen LogP contribution in [0, 0.1) is 0 Å². The zero-order valence-electron chi connectivity index (χ0n) is 10.8. The summed E-state index contributed by atoms with van der Waals surface area (Å²) in [6, 6.07) is 4.16. The van der Waals surface area contributed by atoms with Gasteiger partial charge >= 0.3 is 0 Å². The molecule has 0 radical (unpaired) electrons. The summed E-state index contributed by atoms with van der Waals surface area (Å²) in [6.07, 6.45) is 4.83. The van der Waals surface area contributed by atoms with E-state index < -0.39 is 0 Å². The minimum atomic E-state index is 0.446. The Hall–Kier alpha value is -1.10. The summed E-state index contributed by atoms with van der Waals surface area (Å²) >= 11 is 9.98. The van der Waals surface area contributed by atoms with Gasteiger partial charge in [-0.05, 0) is 42.7 Å². The largest absolute Gasteiger partial charge is 0.382 e. The molecule has 0 bridgehead atoms. The lowest BCUT2D eigenvalue weighted by Gasteiger charge is -2.13. The molecule has 0 amide bonds. The van der Waals surface area contributed by atoms with Crippen LogP contribution in [0.4, 0.5) is 5.82 Å². The lowest BCUT2D eigenvalue weighted by atomic mass is 9.94. The van der Waals surface area contributed by atoms with Crippen LogP contribution < -0.4 is 5.73 Å². The van der Waals surface area contributed by atoms with Crippen molar-refractivity contribution in [2.75, 3.05) is 5.73 Å². The Labute approximate surface area is 130 Å². The number of hydrogen-bond acceptors (Lipinski definition) is 4. The van der Waals surface area contributed by atoms with Crippen LogP contribution in [-0.4, -0.2) is 4.98 Å². The van der Waals surface area contributed by atoms with Crippen LogP contribution in [0.25, 0.3) is 20.7 Å². The molecule has 5 heteroatoms. The Morgan fingerprint density at radius 3 is 2.90 bits per heavy atom. The molecule has 1 aliphatic rings. The quantitative estimate of drug-likeness (QED) is 0.674. The van der Waals surface area contributed by atoms with Gasteiger partial charge in [0.25, 0.3) is 0 Å². The third-order valence-corrected chi connectivity index (χ3v) is 6.29. The molecule has 0 aliphatic heterocycles. The summed E-state index contributed by atoms with van der Waals surface area (Å²) in [7, 11) is 0.